The average molecular weight is 399 g/mol. The smallest absolute Gasteiger partial charge is 0.251 e. The quantitative estimate of drug-likeness (QED) is 0.774. The third-order valence-electron chi connectivity index (χ3n) is 2.10. The van der Waals surface area contributed by atoms with E-state index in [0.29, 0.717) is 18.5 Å². The summed E-state index contributed by atoms with van der Waals surface area (Å²) in [6.45, 7) is 0.343. The van der Waals surface area contributed by atoms with Gasteiger partial charge < -0.3 is 5.32 Å². The molecule has 1 amide bonds. The SMILES string of the molecule is CS(=O)(=O)CCCNC(=O)c1cc(Br)cc(Br)c1. The zero-order valence-electron chi connectivity index (χ0n) is 9.74. The van der Waals surface area contributed by atoms with Crippen LogP contribution in [0.4, 0.5) is 0 Å². The molecule has 100 valence electrons. The highest BCUT2D eigenvalue weighted by Crippen LogP contribution is 2.19. The number of sulfone groups is 1. The molecule has 0 bridgehead atoms. The van der Waals surface area contributed by atoms with Crippen molar-refractivity contribution in [1.29, 1.82) is 0 Å². The fourth-order valence-corrected chi connectivity index (χ4v) is 3.29. The third-order valence-corrected chi connectivity index (χ3v) is 4.05. The first-order valence-electron chi connectivity index (χ1n) is 5.20. The number of benzene rings is 1. The fourth-order valence-electron chi connectivity index (χ4n) is 1.32. The van der Waals surface area contributed by atoms with Crippen LogP contribution in [0.1, 0.15) is 16.8 Å². The topological polar surface area (TPSA) is 63.2 Å². The lowest BCUT2D eigenvalue weighted by atomic mass is 10.2. The molecule has 0 saturated carbocycles. The Hall–Kier alpha value is -0.400. The van der Waals surface area contributed by atoms with Crippen LogP contribution in [0.2, 0.25) is 0 Å². The van der Waals surface area contributed by atoms with Crippen molar-refractivity contribution in [3.63, 3.8) is 0 Å². The molecule has 0 heterocycles. The van der Waals surface area contributed by atoms with Crippen molar-refractivity contribution in [3.05, 3.63) is 32.7 Å². The van der Waals surface area contributed by atoms with Gasteiger partial charge in [-0.05, 0) is 24.6 Å². The maximum Gasteiger partial charge on any atom is 0.251 e. The van der Waals surface area contributed by atoms with E-state index in [4.69, 9.17) is 0 Å². The zero-order chi connectivity index (χ0) is 13.8. The highest BCUT2D eigenvalue weighted by atomic mass is 79.9. The maximum absolute atomic E-state index is 11.8. The molecule has 0 spiro atoms. The van der Waals surface area contributed by atoms with E-state index in [2.05, 4.69) is 37.2 Å². The summed E-state index contributed by atoms with van der Waals surface area (Å²) in [7, 11) is -2.97. The van der Waals surface area contributed by atoms with Crippen LogP contribution in [0.25, 0.3) is 0 Å². The van der Waals surface area contributed by atoms with Crippen LogP contribution >= 0.6 is 31.9 Å². The van der Waals surface area contributed by atoms with Gasteiger partial charge in [0.05, 0.1) is 5.75 Å². The van der Waals surface area contributed by atoms with Crippen molar-refractivity contribution in [1.82, 2.24) is 5.32 Å². The highest BCUT2D eigenvalue weighted by molar-refractivity contribution is 9.11. The second-order valence-corrected chi connectivity index (χ2v) is 7.99. The molecule has 0 radical (unpaired) electrons. The summed E-state index contributed by atoms with van der Waals surface area (Å²) < 4.78 is 23.4. The molecular formula is C11H13Br2NO3S. The van der Waals surface area contributed by atoms with Gasteiger partial charge in [-0.15, -0.1) is 0 Å². The second kappa shape index (κ2) is 6.68. The van der Waals surface area contributed by atoms with Crippen LogP contribution in [0.3, 0.4) is 0 Å². The van der Waals surface area contributed by atoms with Gasteiger partial charge in [0, 0.05) is 27.3 Å². The van der Waals surface area contributed by atoms with E-state index in [9.17, 15) is 13.2 Å². The minimum Gasteiger partial charge on any atom is -0.352 e. The van der Waals surface area contributed by atoms with Crippen LogP contribution in [0.5, 0.6) is 0 Å². The number of amides is 1. The number of nitrogens with one attached hydrogen (secondary N) is 1. The zero-order valence-corrected chi connectivity index (χ0v) is 13.7. The van der Waals surface area contributed by atoms with Crippen molar-refractivity contribution in [2.45, 2.75) is 6.42 Å². The van der Waals surface area contributed by atoms with E-state index in [1.165, 1.54) is 6.26 Å². The Morgan fingerprint density at radius 1 is 1.22 bits per heavy atom. The first kappa shape index (κ1) is 15.7. The molecule has 7 heteroatoms. The van der Waals surface area contributed by atoms with E-state index in [0.717, 1.165) is 8.95 Å². The Bertz CT molecular complexity index is 523. The Kier molecular flexibility index (Phi) is 5.81. The van der Waals surface area contributed by atoms with Gasteiger partial charge in [0.15, 0.2) is 0 Å². The molecule has 0 fully saturated rings. The van der Waals surface area contributed by atoms with Crippen LogP contribution < -0.4 is 5.32 Å². The van der Waals surface area contributed by atoms with E-state index in [1.54, 1.807) is 12.1 Å². The number of halogens is 2. The normalized spacial score (nSPS) is 11.3. The number of hydrogen-bond acceptors (Lipinski definition) is 3. The van der Waals surface area contributed by atoms with Crippen molar-refractivity contribution < 1.29 is 13.2 Å². The van der Waals surface area contributed by atoms with Crippen LogP contribution in [-0.4, -0.2) is 32.9 Å². The lowest BCUT2D eigenvalue weighted by molar-refractivity contribution is 0.0953. The van der Waals surface area contributed by atoms with Crippen LogP contribution in [0.15, 0.2) is 27.1 Å². The third kappa shape index (κ3) is 5.97. The van der Waals surface area contributed by atoms with E-state index in [-0.39, 0.29) is 11.7 Å². The molecule has 0 aromatic heterocycles. The fraction of sp³-hybridized carbons (Fsp3) is 0.364. The average Bonchev–Trinajstić information content (AvgIpc) is 2.21. The second-order valence-electron chi connectivity index (χ2n) is 3.90. The summed E-state index contributed by atoms with van der Waals surface area (Å²) in [4.78, 5) is 11.8. The summed E-state index contributed by atoms with van der Waals surface area (Å²) in [5.41, 5.74) is 0.524. The van der Waals surface area contributed by atoms with Gasteiger partial charge in [-0.2, -0.15) is 0 Å². The molecule has 4 nitrogen and oxygen atoms in total. The number of carbonyl (C=O) groups is 1. The first-order chi connectivity index (χ1) is 8.28. The van der Waals surface area contributed by atoms with Gasteiger partial charge in [0.1, 0.15) is 9.84 Å². The lowest BCUT2D eigenvalue weighted by Crippen LogP contribution is -2.25. The Morgan fingerprint density at radius 3 is 2.28 bits per heavy atom. The van der Waals surface area contributed by atoms with E-state index in [1.807, 2.05) is 6.07 Å². The number of hydrogen-bond donors (Lipinski definition) is 1. The van der Waals surface area contributed by atoms with Crippen molar-refractivity contribution in [3.8, 4) is 0 Å². The first-order valence-corrected chi connectivity index (χ1v) is 8.84. The maximum atomic E-state index is 11.8. The van der Waals surface area contributed by atoms with Crippen LogP contribution in [0, 0.1) is 0 Å². The summed E-state index contributed by atoms with van der Waals surface area (Å²) in [6, 6.07) is 5.24. The van der Waals surface area contributed by atoms with E-state index >= 15 is 0 Å². The lowest BCUT2D eigenvalue weighted by Gasteiger charge is -2.06. The molecule has 18 heavy (non-hydrogen) atoms. The molecule has 0 atom stereocenters. The van der Waals surface area contributed by atoms with Gasteiger partial charge in [-0.3, -0.25) is 4.79 Å². The number of rotatable bonds is 5. The molecule has 0 unspecified atom stereocenters. The highest BCUT2D eigenvalue weighted by Gasteiger charge is 2.08. The largest absolute Gasteiger partial charge is 0.352 e. The molecule has 0 aliphatic rings. The van der Waals surface area contributed by atoms with Gasteiger partial charge in [-0.1, -0.05) is 31.9 Å². The summed E-state index contributed by atoms with van der Waals surface area (Å²) in [5, 5.41) is 2.68. The number of carbonyl (C=O) groups excluding carboxylic acids is 1. The van der Waals surface area contributed by atoms with Crippen molar-refractivity contribution in [2.75, 3.05) is 18.6 Å². The van der Waals surface area contributed by atoms with Gasteiger partial charge in [0.25, 0.3) is 5.91 Å². The van der Waals surface area contributed by atoms with Crippen molar-refractivity contribution in [2.24, 2.45) is 0 Å². The Morgan fingerprint density at radius 2 is 1.78 bits per heavy atom. The molecule has 1 aromatic rings. The van der Waals surface area contributed by atoms with Gasteiger partial charge in [0.2, 0.25) is 0 Å². The van der Waals surface area contributed by atoms with Crippen molar-refractivity contribution >= 4 is 47.6 Å². The Labute approximate surface area is 123 Å². The monoisotopic (exact) mass is 397 g/mol. The molecular weight excluding hydrogens is 386 g/mol. The predicted octanol–water partition coefficient (Wildman–Crippen LogP) is 2.38. The molecule has 0 aliphatic heterocycles. The molecule has 0 aliphatic carbocycles. The van der Waals surface area contributed by atoms with Crippen LogP contribution in [-0.2, 0) is 9.84 Å². The molecule has 1 aromatic carbocycles. The van der Waals surface area contributed by atoms with Gasteiger partial charge in [-0.25, -0.2) is 8.42 Å². The summed E-state index contributed by atoms with van der Waals surface area (Å²) >= 11 is 6.60. The Balaban J connectivity index is 2.51. The van der Waals surface area contributed by atoms with E-state index < -0.39 is 9.84 Å². The molecule has 0 saturated heterocycles. The van der Waals surface area contributed by atoms with Gasteiger partial charge >= 0.3 is 0 Å². The molecule has 1 N–H and O–H groups in total. The summed E-state index contributed by atoms with van der Waals surface area (Å²) in [5.74, 6) is -0.138. The minimum atomic E-state index is -2.97. The molecule has 1 rings (SSSR count). The summed E-state index contributed by atoms with van der Waals surface area (Å²) in [6.07, 6.45) is 1.60. The standard InChI is InChI=1S/C11H13Br2NO3S/c1-18(16,17)4-2-3-14-11(15)8-5-9(12)7-10(13)6-8/h5-7H,2-4H2,1H3,(H,14,15). The minimum absolute atomic E-state index is 0.0788. The predicted molar refractivity (Wildman–Crippen MR) is 78.5 cm³/mol.